The number of aliphatic hydroxyl groups excluding tert-OH is 2. The summed E-state index contributed by atoms with van der Waals surface area (Å²) in [5, 5.41) is 30.6. The maximum atomic E-state index is 15.2. The number of ether oxygens (including phenoxy) is 2. The Labute approximate surface area is 323 Å². The molecule has 0 saturated carbocycles. The normalized spacial score (nSPS) is 23.5. The van der Waals surface area contributed by atoms with Crippen molar-refractivity contribution in [1.29, 1.82) is 0 Å². The molecule has 1 fully saturated rings. The molecule has 55 heavy (non-hydrogen) atoms. The van der Waals surface area contributed by atoms with E-state index in [0.717, 1.165) is 23.4 Å². The van der Waals surface area contributed by atoms with Crippen LogP contribution in [0.15, 0.2) is 72.9 Å². The Morgan fingerprint density at radius 1 is 0.982 bits per heavy atom. The monoisotopic (exact) mass is 768 g/mol. The molecule has 0 bridgehead atoms. The molecule has 292 valence electrons. The Hall–Kier alpha value is -4.44. The van der Waals surface area contributed by atoms with Gasteiger partial charge in [-0.2, -0.15) is 0 Å². The summed E-state index contributed by atoms with van der Waals surface area (Å²) in [6, 6.07) is 20.5. The van der Waals surface area contributed by atoms with Crippen LogP contribution in [0.2, 0.25) is 18.6 Å². The lowest BCUT2D eigenvalue weighted by atomic mass is 9.82. The first-order valence-electron chi connectivity index (χ1n) is 19.4. The van der Waals surface area contributed by atoms with Gasteiger partial charge in [-0.05, 0) is 106 Å². The summed E-state index contributed by atoms with van der Waals surface area (Å²) in [6.45, 7) is 9.35. The minimum Gasteiger partial charge on any atom is -0.494 e. The smallest absolute Gasteiger partial charge is 0.268 e. The van der Waals surface area contributed by atoms with Crippen LogP contribution in [0.3, 0.4) is 0 Å². The third-order valence-corrected chi connectivity index (χ3v) is 13.8. The summed E-state index contributed by atoms with van der Waals surface area (Å²) in [4.78, 5) is 45.0. The lowest BCUT2D eigenvalue weighted by Gasteiger charge is -2.36. The summed E-state index contributed by atoms with van der Waals surface area (Å²) in [5.74, 6) is -0.0418. The highest BCUT2D eigenvalue weighted by Crippen LogP contribution is 2.61. The van der Waals surface area contributed by atoms with E-state index in [-0.39, 0.29) is 30.6 Å². The van der Waals surface area contributed by atoms with E-state index >= 15 is 4.79 Å². The second-order valence-electron chi connectivity index (χ2n) is 15.3. The first kappa shape index (κ1) is 38.8. The Balaban J connectivity index is 1.33. The van der Waals surface area contributed by atoms with Gasteiger partial charge in [0.2, 0.25) is 5.91 Å². The van der Waals surface area contributed by atoms with Crippen LogP contribution in [-0.4, -0.2) is 88.6 Å². The number of aryl methyl sites for hydroxylation is 1. The van der Waals surface area contributed by atoms with Gasteiger partial charge < -0.3 is 29.8 Å². The molecule has 1 spiro atoms. The highest BCUT2D eigenvalue weighted by atomic mass is 28.4. The van der Waals surface area contributed by atoms with Gasteiger partial charge in [-0.25, -0.2) is 0 Å². The molecule has 3 aliphatic heterocycles. The molecule has 2 amide bonds. The van der Waals surface area contributed by atoms with Crippen molar-refractivity contribution in [2.24, 2.45) is 5.92 Å². The fourth-order valence-electron chi connectivity index (χ4n) is 8.89. The molecular formula is C41H52N6O7Si. The fourth-order valence-corrected chi connectivity index (χ4v) is 11.5. The number of rotatable bonds is 15. The van der Waals surface area contributed by atoms with Crippen molar-refractivity contribution in [2.45, 2.75) is 88.9 Å². The lowest BCUT2D eigenvalue weighted by Crippen LogP contribution is -2.49. The number of para-hydroxylation sites is 1. The summed E-state index contributed by atoms with van der Waals surface area (Å²) in [5.41, 5.74) is 3.25. The Morgan fingerprint density at radius 2 is 1.76 bits per heavy atom. The summed E-state index contributed by atoms with van der Waals surface area (Å²) >= 11 is 0. The SMILES string of the molecule is CCOc1ccc2c(c1)CC(NCCCCO)C(=O)N2c1ccc2c(c1)[C@]1(O[C@@H](CCn3cc(CCO)nn3)[C@H]([Si](C)(C)O)[C@H]1C)C(=O)N2c1ccccc1. The third-order valence-electron chi connectivity index (χ3n) is 11.3. The molecule has 1 unspecified atom stereocenters. The van der Waals surface area contributed by atoms with Crippen molar-refractivity contribution in [2.75, 3.05) is 36.2 Å². The molecule has 3 aliphatic rings. The van der Waals surface area contributed by atoms with Crippen molar-refractivity contribution < 1.29 is 34.1 Å². The van der Waals surface area contributed by atoms with Crippen LogP contribution in [0.4, 0.5) is 22.7 Å². The Kier molecular flexibility index (Phi) is 11.3. The topological polar surface area (TPSA) is 163 Å². The zero-order valence-corrected chi connectivity index (χ0v) is 33.0. The first-order valence-corrected chi connectivity index (χ1v) is 22.4. The van der Waals surface area contributed by atoms with Crippen molar-refractivity contribution >= 4 is 42.9 Å². The predicted octanol–water partition coefficient (Wildman–Crippen LogP) is 4.73. The van der Waals surface area contributed by atoms with Gasteiger partial charge in [0.1, 0.15) is 5.75 Å². The van der Waals surface area contributed by atoms with Gasteiger partial charge in [0.25, 0.3) is 5.91 Å². The standard InChI is InChI=1S/C41H52N6O7Si/c1-5-53-32-14-16-35-28(23-32)24-34(42-19-9-10-21-48)39(50)46(35)31-13-15-36-33(25-31)41(40(51)47(36)30-11-7-6-8-12-30)27(2)38(55(3,4)52)37(54-41)17-20-45-26-29(18-22-49)43-44-45/h6-8,11-16,23,25-27,34,37-38,42,48-49,52H,5,9-10,17-22,24H2,1-4H3/t27-,34?,37+,38-,41+/m1/s1. The number of aromatic nitrogens is 3. The maximum Gasteiger partial charge on any atom is 0.268 e. The largest absolute Gasteiger partial charge is 0.494 e. The summed E-state index contributed by atoms with van der Waals surface area (Å²) in [6.07, 6.45) is 4.05. The molecule has 5 atom stereocenters. The maximum absolute atomic E-state index is 15.2. The minimum absolute atomic E-state index is 0.0248. The number of nitrogens with zero attached hydrogens (tertiary/aromatic N) is 5. The Morgan fingerprint density at radius 3 is 2.49 bits per heavy atom. The van der Waals surface area contributed by atoms with Gasteiger partial charge in [0, 0.05) is 60.8 Å². The molecule has 13 nitrogen and oxygen atoms in total. The second kappa shape index (κ2) is 16.0. The molecule has 0 radical (unpaired) electrons. The van der Waals surface area contributed by atoms with E-state index < -0.39 is 32.0 Å². The van der Waals surface area contributed by atoms with E-state index in [9.17, 15) is 19.8 Å². The van der Waals surface area contributed by atoms with E-state index in [4.69, 9.17) is 9.47 Å². The summed E-state index contributed by atoms with van der Waals surface area (Å²) < 4.78 is 14.7. The van der Waals surface area contributed by atoms with Gasteiger partial charge in [-0.3, -0.25) is 24.1 Å². The number of benzene rings is 3. The molecule has 1 saturated heterocycles. The number of nitrogens with one attached hydrogen (secondary N) is 1. The van der Waals surface area contributed by atoms with Gasteiger partial charge in [-0.1, -0.05) is 30.3 Å². The molecule has 4 N–H and O–H groups in total. The molecule has 3 aromatic carbocycles. The average molecular weight is 769 g/mol. The molecule has 4 heterocycles. The van der Waals surface area contributed by atoms with Crippen LogP contribution in [-0.2, 0) is 39.3 Å². The number of hydrogen-bond donors (Lipinski definition) is 4. The first-order chi connectivity index (χ1) is 26.5. The van der Waals surface area contributed by atoms with Gasteiger partial charge in [-0.15, -0.1) is 5.10 Å². The fraction of sp³-hybridized carbons (Fsp3) is 0.463. The highest BCUT2D eigenvalue weighted by molar-refractivity contribution is 6.71. The van der Waals surface area contributed by atoms with Gasteiger partial charge in [0.05, 0.1) is 35.8 Å². The van der Waals surface area contributed by atoms with Crippen LogP contribution in [0.1, 0.15) is 49.9 Å². The number of amides is 2. The van der Waals surface area contributed by atoms with Gasteiger partial charge >= 0.3 is 0 Å². The highest BCUT2D eigenvalue weighted by Gasteiger charge is 2.66. The average Bonchev–Trinajstić information content (AvgIpc) is 3.82. The van der Waals surface area contributed by atoms with Crippen LogP contribution in [0.25, 0.3) is 0 Å². The van der Waals surface area contributed by atoms with Gasteiger partial charge in [0.15, 0.2) is 13.9 Å². The van der Waals surface area contributed by atoms with Crippen LogP contribution in [0, 0.1) is 5.92 Å². The van der Waals surface area contributed by atoms with Crippen LogP contribution in [0.5, 0.6) is 5.75 Å². The molecule has 7 rings (SSSR count). The van der Waals surface area contributed by atoms with Crippen LogP contribution >= 0.6 is 0 Å². The zero-order valence-electron chi connectivity index (χ0n) is 32.0. The number of carbonyl (C=O) groups is 2. The summed E-state index contributed by atoms with van der Waals surface area (Å²) in [7, 11) is -2.96. The van der Waals surface area contributed by atoms with Crippen molar-refractivity contribution in [3.63, 3.8) is 0 Å². The second-order valence-corrected chi connectivity index (χ2v) is 19.3. The zero-order chi connectivity index (χ0) is 38.9. The van der Waals surface area contributed by atoms with Crippen molar-refractivity contribution in [3.8, 4) is 5.75 Å². The third kappa shape index (κ3) is 7.22. The van der Waals surface area contributed by atoms with E-state index in [1.54, 1.807) is 20.7 Å². The number of carbonyl (C=O) groups excluding carboxylic acids is 2. The number of fused-ring (bicyclic) bond motifs is 3. The number of unbranched alkanes of at least 4 members (excludes halogenated alkanes) is 1. The number of hydrogen-bond acceptors (Lipinski definition) is 10. The molecule has 4 aromatic rings. The molecule has 1 aromatic heterocycles. The number of aliphatic hydroxyl groups is 2. The lowest BCUT2D eigenvalue weighted by molar-refractivity contribution is -0.145. The quantitative estimate of drug-likeness (QED) is 0.0983. The predicted molar refractivity (Wildman–Crippen MR) is 211 cm³/mol. The molecular weight excluding hydrogens is 717 g/mol. The van der Waals surface area contributed by atoms with Crippen molar-refractivity contribution in [1.82, 2.24) is 20.3 Å². The minimum atomic E-state index is -2.96. The number of anilines is 4. The molecule has 14 heteroatoms. The van der Waals surface area contributed by atoms with E-state index in [1.807, 2.05) is 93.7 Å². The molecule has 0 aliphatic carbocycles. The van der Waals surface area contributed by atoms with Crippen LogP contribution < -0.4 is 19.9 Å². The van der Waals surface area contributed by atoms with E-state index in [1.165, 1.54) is 0 Å². The van der Waals surface area contributed by atoms with Crippen molar-refractivity contribution in [3.05, 3.63) is 89.7 Å². The van der Waals surface area contributed by atoms with E-state index in [2.05, 4.69) is 15.6 Å². The Bertz CT molecular complexity index is 2000. The van der Waals surface area contributed by atoms with E-state index in [0.29, 0.717) is 73.7 Å².